The Morgan fingerprint density at radius 2 is 2.31 bits per heavy atom. The molecule has 2 aromatic heterocycles. The second-order valence-corrected chi connectivity index (χ2v) is 5.40. The van der Waals surface area contributed by atoms with E-state index in [4.69, 9.17) is 0 Å². The van der Waals surface area contributed by atoms with Crippen molar-refractivity contribution in [3.63, 3.8) is 0 Å². The first-order chi connectivity index (χ1) is 7.88. The van der Waals surface area contributed by atoms with Gasteiger partial charge in [-0.1, -0.05) is 6.92 Å². The van der Waals surface area contributed by atoms with Crippen LogP contribution in [0.4, 0.5) is 0 Å². The summed E-state index contributed by atoms with van der Waals surface area (Å²) in [5.41, 5.74) is 3.06. The first-order valence-corrected chi connectivity index (χ1v) is 7.15. The largest absolute Gasteiger partial charge is 0.311 e. The lowest BCUT2D eigenvalue weighted by molar-refractivity contribution is 0.687. The molecule has 3 nitrogen and oxygen atoms in total. The van der Waals surface area contributed by atoms with E-state index in [0.717, 1.165) is 25.9 Å². The highest BCUT2D eigenvalue weighted by Crippen LogP contribution is 2.12. The summed E-state index contributed by atoms with van der Waals surface area (Å²) in [5.74, 6) is 0. The van der Waals surface area contributed by atoms with Gasteiger partial charge in [0.1, 0.15) is 0 Å². The fourth-order valence-corrected chi connectivity index (χ4v) is 2.81. The Labute approximate surface area is 104 Å². The van der Waals surface area contributed by atoms with Crippen molar-refractivity contribution in [1.82, 2.24) is 15.3 Å². The Morgan fingerprint density at radius 3 is 3.00 bits per heavy atom. The normalized spacial score (nSPS) is 10.8. The van der Waals surface area contributed by atoms with Gasteiger partial charge in [0.2, 0.25) is 0 Å². The summed E-state index contributed by atoms with van der Waals surface area (Å²) in [4.78, 5) is 9.89. The molecule has 0 aromatic carbocycles. The number of nitrogens with one attached hydrogen (secondary N) is 1. The van der Waals surface area contributed by atoms with Crippen LogP contribution in [0.3, 0.4) is 0 Å². The number of rotatable bonds is 6. The Bertz CT molecular complexity index is 409. The zero-order chi connectivity index (χ0) is 11.2. The van der Waals surface area contributed by atoms with Crippen LogP contribution in [0.15, 0.2) is 17.1 Å². The van der Waals surface area contributed by atoms with Crippen molar-refractivity contribution in [3.8, 4) is 0 Å². The Morgan fingerprint density at radius 1 is 1.38 bits per heavy atom. The topological polar surface area (TPSA) is 37.8 Å². The molecule has 0 aliphatic carbocycles. The van der Waals surface area contributed by atoms with Crippen LogP contribution in [0.5, 0.6) is 0 Å². The molecule has 0 fully saturated rings. The van der Waals surface area contributed by atoms with Gasteiger partial charge in [0, 0.05) is 36.0 Å². The maximum atomic E-state index is 4.33. The van der Waals surface area contributed by atoms with Gasteiger partial charge in [0.05, 0.1) is 16.2 Å². The van der Waals surface area contributed by atoms with Crippen LogP contribution in [0.25, 0.3) is 0 Å². The minimum Gasteiger partial charge on any atom is -0.311 e. The zero-order valence-corrected chi connectivity index (χ0v) is 10.9. The van der Waals surface area contributed by atoms with Crippen molar-refractivity contribution in [2.45, 2.75) is 26.3 Å². The second kappa shape index (κ2) is 6.08. The quantitative estimate of drug-likeness (QED) is 0.804. The van der Waals surface area contributed by atoms with Gasteiger partial charge in [-0.2, -0.15) is 0 Å². The molecule has 86 valence electrons. The molecule has 0 bridgehead atoms. The molecule has 0 amide bonds. The van der Waals surface area contributed by atoms with Gasteiger partial charge in [0.25, 0.3) is 0 Å². The molecule has 5 heteroatoms. The van der Waals surface area contributed by atoms with E-state index in [1.165, 1.54) is 15.6 Å². The summed E-state index contributed by atoms with van der Waals surface area (Å²) in [7, 11) is 0. The molecule has 0 spiro atoms. The zero-order valence-electron chi connectivity index (χ0n) is 9.27. The van der Waals surface area contributed by atoms with E-state index in [1.807, 2.05) is 11.7 Å². The Hall–Kier alpha value is -0.780. The highest BCUT2D eigenvalue weighted by molar-refractivity contribution is 7.11. The van der Waals surface area contributed by atoms with Gasteiger partial charge in [-0.3, -0.25) is 0 Å². The van der Waals surface area contributed by atoms with E-state index in [1.54, 1.807) is 22.7 Å². The lowest BCUT2D eigenvalue weighted by Gasteiger charge is -2.00. The first-order valence-electron chi connectivity index (χ1n) is 5.40. The molecule has 0 unspecified atom stereocenters. The fourth-order valence-electron chi connectivity index (χ4n) is 1.38. The van der Waals surface area contributed by atoms with Gasteiger partial charge in [0.15, 0.2) is 0 Å². The van der Waals surface area contributed by atoms with Gasteiger partial charge < -0.3 is 5.32 Å². The molecule has 2 aromatic rings. The highest BCUT2D eigenvalue weighted by Gasteiger charge is 2.00. The maximum Gasteiger partial charge on any atom is 0.0925 e. The van der Waals surface area contributed by atoms with E-state index in [0.29, 0.717) is 0 Å². The van der Waals surface area contributed by atoms with Crippen molar-refractivity contribution < 1.29 is 0 Å². The van der Waals surface area contributed by atoms with E-state index >= 15 is 0 Å². The van der Waals surface area contributed by atoms with Crippen molar-refractivity contribution >= 4 is 22.7 Å². The Balaban J connectivity index is 1.68. The lowest BCUT2D eigenvalue weighted by Crippen LogP contribution is -2.16. The third-order valence-corrected chi connectivity index (χ3v) is 4.02. The van der Waals surface area contributed by atoms with E-state index in [9.17, 15) is 0 Å². The van der Waals surface area contributed by atoms with E-state index < -0.39 is 0 Å². The fraction of sp³-hybridized carbons (Fsp3) is 0.455. The van der Waals surface area contributed by atoms with Crippen molar-refractivity contribution in [2.24, 2.45) is 0 Å². The van der Waals surface area contributed by atoms with Crippen molar-refractivity contribution in [3.05, 3.63) is 32.7 Å². The summed E-state index contributed by atoms with van der Waals surface area (Å²) in [6.07, 6.45) is 4.01. The molecule has 1 N–H and O–H groups in total. The second-order valence-electron chi connectivity index (χ2n) is 3.48. The van der Waals surface area contributed by atoms with Gasteiger partial charge in [-0.05, 0) is 6.42 Å². The van der Waals surface area contributed by atoms with Crippen LogP contribution in [-0.2, 0) is 19.4 Å². The van der Waals surface area contributed by atoms with Crippen LogP contribution in [-0.4, -0.2) is 16.5 Å². The maximum absolute atomic E-state index is 4.33. The summed E-state index contributed by atoms with van der Waals surface area (Å²) in [6.45, 7) is 4.03. The van der Waals surface area contributed by atoms with Crippen LogP contribution < -0.4 is 5.32 Å². The molecular formula is C11H15N3S2. The predicted molar refractivity (Wildman–Crippen MR) is 69.0 cm³/mol. The smallest absolute Gasteiger partial charge is 0.0925 e. The molecule has 0 saturated heterocycles. The van der Waals surface area contributed by atoms with E-state index in [-0.39, 0.29) is 0 Å². The number of aromatic nitrogens is 2. The third kappa shape index (κ3) is 3.37. The highest BCUT2D eigenvalue weighted by atomic mass is 32.1. The molecule has 0 saturated carbocycles. The SMILES string of the molecule is CCc1ncc(CNCCc2cscn2)s1. The van der Waals surface area contributed by atoms with E-state index in [2.05, 4.69) is 27.6 Å². The summed E-state index contributed by atoms with van der Waals surface area (Å²) >= 11 is 3.45. The third-order valence-electron chi connectivity index (χ3n) is 2.24. The molecular weight excluding hydrogens is 238 g/mol. The average molecular weight is 253 g/mol. The number of hydrogen-bond donors (Lipinski definition) is 1. The summed E-state index contributed by atoms with van der Waals surface area (Å²) in [5, 5.41) is 6.73. The van der Waals surface area contributed by atoms with Crippen LogP contribution in [0.1, 0.15) is 22.5 Å². The number of thiazole rings is 2. The average Bonchev–Trinajstić information content (AvgIpc) is 2.95. The minimum atomic E-state index is 0.918. The molecule has 0 aliphatic heterocycles. The monoisotopic (exact) mass is 253 g/mol. The summed E-state index contributed by atoms with van der Waals surface area (Å²) < 4.78 is 0. The lowest BCUT2D eigenvalue weighted by atomic mass is 10.3. The predicted octanol–water partition coefficient (Wildman–Crippen LogP) is 2.49. The van der Waals surface area contributed by atoms with Crippen LogP contribution in [0.2, 0.25) is 0 Å². The van der Waals surface area contributed by atoms with Crippen molar-refractivity contribution in [2.75, 3.05) is 6.54 Å². The minimum absolute atomic E-state index is 0.918. The van der Waals surface area contributed by atoms with Gasteiger partial charge in [-0.25, -0.2) is 9.97 Å². The van der Waals surface area contributed by atoms with Gasteiger partial charge >= 0.3 is 0 Å². The Kier molecular flexibility index (Phi) is 4.44. The number of aryl methyl sites for hydroxylation is 1. The molecule has 2 heterocycles. The van der Waals surface area contributed by atoms with Crippen LogP contribution in [0, 0.1) is 0 Å². The standard InChI is InChI=1S/C11H15N3S2/c1-2-11-13-6-10(16-11)5-12-4-3-9-7-15-8-14-9/h6-8,12H,2-5H2,1H3. The van der Waals surface area contributed by atoms with Crippen molar-refractivity contribution in [1.29, 1.82) is 0 Å². The summed E-state index contributed by atoms with van der Waals surface area (Å²) in [6, 6.07) is 0. The number of nitrogens with zero attached hydrogens (tertiary/aromatic N) is 2. The number of hydrogen-bond acceptors (Lipinski definition) is 5. The molecule has 0 aliphatic rings. The van der Waals surface area contributed by atoms with Crippen LogP contribution >= 0.6 is 22.7 Å². The first kappa shape index (κ1) is 11.7. The van der Waals surface area contributed by atoms with Gasteiger partial charge in [-0.15, -0.1) is 22.7 Å². The molecule has 16 heavy (non-hydrogen) atoms. The molecule has 0 radical (unpaired) electrons. The molecule has 0 atom stereocenters. The molecule has 2 rings (SSSR count).